The average Bonchev–Trinajstić information content (AvgIpc) is 2.57. The highest BCUT2D eigenvalue weighted by Crippen LogP contribution is 2.20. The zero-order chi connectivity index (χ0) is 18.6. The summed E-state index contributed by atoms with van der Waals surface area (Å²) in [6.07, 6.45) is -1.01. The molecule has 5 nitrogen and oxygen atoms in total. The molecule has 0 saturated carbocycles. The molecule has 2 atom stereocenters. The Labute approximate surface area is 149 Å². The Morgan fingerprint density at radius 1 is 1.16 bits per heavy atom. The molecular weight excluding hydrogens is 347 g/mol. The van der Waals surface area contributed by atoms with Crippen molar-refractivity contribution in [2.45, 2.75) is 26.0 Å². The molecule has 0 radical (unpaired) electrons. The number of nitrogens with two attached hydrogens (primary N) is 1. The second-order valence-corrected chi connectivity index (χ2v) is 5.97. The number of ether oxygens (including phenoxy) is 1. The third-order valence-corrected chi connectivity index (χ3v) is 3.96. The fourth-order valence-corrected chi connectivity index (χ4v) is 2.24. The third kappa shape index (κ3) is 4.93. The van der Waals surface area contributed by atoms with Crippen LogP contribution in [0.1, 0.15) is 35.8 Å². The van der Waals surface area contributed by atoms with Crippen LogP contribution in [0.25, 0.3) is 0 Å². The van der Waals surface area contributed by atoms with Crippen molar-refractivity contribution < 1.29 is 18.7 Å². The number of carbonyl (C=O) groups excluding carboxylic acids is 2. The SMILES string of the molecule is CC(OC(=O)c1ccc(Cl)c(N)c1)C(=O)NC(C)c1ccc(F)cc1. The molecule has 2 aromatic rings. The zero-order valence-electron chi connectivity index (χ0n) is 13.8. The summed E-state index contributed by atoms with van der Waals surface area (Å²) < 4.78 is 18.1. The zero-order valence-corrected chi connectivity index (χ0v) is 14.5. The van der Waals surface area contributed by atoms with Crippen molar-refractivity contribution in [3.63, 3.8) is 0 Å². The van der Waals surface area contributed by atoms with Gasteiger partial charge in [-0.2, -0.15) is 0 Å². The van der Waals surface area contributed by atoms with Crippen molar-refractivity contribution in [2.75, 3.05) is 5.73 Å². The van der Waals surface area contributed by atoms with Gasteiger partial charge in [0.15, 0.2) is 6.10 Å². The normalized spacial score (nSPS) is 13.0. The molecule has 25 heavy (non-hydrogen) atoms. The first-order chi connectivity index (χ1) is 11.8. The van der Waals surface area contributed by atoms with Crippen LogP contribution in [0.2, 0.25) is 5.02 Å². The summed E-state index contributed by atoms with van der Waals surface area (Å²) in [6.45, 7) is 3.21. The van der Waals surface area contributed by atoms with Gasteiger partial charge in [0.1, 0.15) is 5.82 Å². The van der Waals surface area contributed by atoms with E-state index in [-0.39, 0.29) is 23.1 Å². The van der Waals surface area contributed by atoms with Gasteiger partial charge in [-0.25, -0.2) is 9.18 Å². The summed E-state index contributed by atoms with van der Waals surface area (Å²) in [5.74, 6) is -1.50. The number of amides is 1. The van der Waals surface area contributed by atoms with Gasteiger partial charge in [-0.15, -0.1) is 0 Å². The first-order valence-corrected chi connectivity index (χ1v) is 7.97. The second-order valence-electron chi connectivity index (χ2n) is 5.57. The predicted molar refractivity (Wildman–Crippen MR) is 93.7 cm³/mol. The molecule has 7 heteroatoms. The monoisotopic (exact) mass is 364 g/mol. The largest absolute Gasteiger partial charge is 0.449 e. The van der Waals surface area contributed by atoms with Gasteiger partial charge < -0.3 is 15.8 Å². The number of nitrogen functional groups attached to an aromatic ring is 1. The van der Waals surface area contributed by atoms with E-state index in [0.717, 1.165) is 5.56 Å². The van der Waals surface area contributed by atoms with Gasteiger partial charge in [0.2, 0.25) is 0 Å². The lowest BCUT2D eigenvalue weighted by atomic mass is 10.1. The van der Waals surface area contributed by atoms with E-state index in [1.54, 1.807) is 19.1 Å². The van der Waals surface area contributed by atoms with E-state index in [1.165, 1.54) is 37.3 Å². The van der Waals surface area contributed by atoms with Gasteiger partial charge in [0, 0.05) is 0 Å². The second kappa shape index (κ2) is 7.98. The van der Waals surface area contributed by atoms with Crippen molar-refractivity contribution in [1.29, 1.82) is 0 Å². The fraction of sp³-hybridized carbons (Fsp3) is 0.222. The Kier molecular flexibility index (Phi) is 5.98. The first-order valence-electron chi connectivity index (χ1n) is 7.59. The standard InChI is InChI=1S/C18H18ClFN2O3/c1-10(12-3-6-14(20)7-4-12)22-17(23)11(2)25-18(24)13-5-8-15(19)16(21)9-13/h3-11H,21H2,1-2H3,(H,22,23). The maximum atomic E-state index is 12.9. The van der Waals surface area contributed by atoms with Crippen molar-refractivity contribution in [1.82, 2.24) is 5.32 Å². The molecular formula is C18H18ClFN2O3. The Hall–Kier alpha value is -2.60. The highest BCUT2D eigenvalue weighted by atomic mass is 35.5. The van der Waals surface area contributed by atoms with Crippen LogP contribution in [0, 0.1) is 5.82 Å². The minimum Gasteiger partial charge on any atom is -0.449 e. The molecule has 0 aliphatic heterocycles. The van der Waals surface area contributed by atoms with E-state index < -0.39 is 18.0 Å². The quantitative estimate of drug-likeness (QED) is 0.628. The Balaban J connectivity index is 1.96. The summed E-state index contributed by atoms with van der Waals surface area (Å²) in [4.78, 5) is 24.2. The van der Waals surface area contributed by atoms with Gasteiger partial charge >= 0.3 is 5.97 Å². The minimum atomic E-state index is -1.01. The minimum absolute atomic E-state index is 0.202. The molecule has 0 fully saturated rings. The average molecular weight is 365 g/mol. The number of carbonyl (C=O) groups is 2. The predicted octanol–water partition coefficient (Wildman–Crippen LogP) is 3.48. The molecule has 0 aliphatic rings. The topological polar surface area (TPSA) is 81.4 Å². The number of nitrogens with one attached hydrogen (secondary N) is 1. The Morgan fingerprint density at radius 2 is 1.80 bits per heavy atom. The number of benzene rings is 2. The summed E-state index contributed by atoms with van der Waals surface area (Å²) >= 11 is 5.80. The molecule has 0 aromatic heterocycles. The lowest BCUT2D eigenvalue weighted by molar-refractivity contribution is -0.129. The van der Waals surface area contributed by atoms with Gasteiger partial charge in [-0.3, -0.25) is 4.79 Å². The molecule has 0 heterocycles. The van der Waals surface area contributed by atoms with Gasteiger partial charge in [-0.1, -0.05) is 23.7 Å². The molecule has 0 bridgehead atoms. The van der Waals surface area contributed by atoms with Crippen LogP contribution in [0.3, 0.4) is 0 Å². The van der Waals surface area contributed by atoms with E-state index >= 15 is 0 Å². The van der Waals surface area contributed by atoms with Crippen molar-refractivity contribution >= 4 is 29.2 Å². The Morgan fingerprint density at radius 3 is 2.40 bits per heavy atom. The summed E-state index contributed by atoms with van der Waals surface area (Å²) in [7, 11) is 0. The molecule has 0 aliphatic carbocycles. The molecule has 1 amide bonds. The van der Waals surface area contributed by atoms with Gasteiger partial charge in [-0.05, 0) is 49.7 Å². The van der Waals surface area contributed by atoms with Crippen LogP contribution in [0.5, 0.6) is 0 Å². The van der Waals surface area contributed by atoms with Crippen molar-refractivity contribution in [3.05, 3.63) is 64.4 Å². The fourth-order valence-electron chi connectivity index (χ4n) is 2.12. The molecule has 2 rings (SSSR count). The van der Waals surface area contributed by atoms with Crippen LogP contribution in [0.15, 0.2) is 42.5 Å². The van der Waals surface area contributed by atoms with Crippen molar-refractivity contribution in [3.8, 4) is 0 Å². The summed E-state index contributed by atoms with van der Waals surface area (Å²) in [5, 5.41) is 3.04. The number of anilines is 1. The molecule has 132 valence electrons. The number of rotatable bonds is 5. The smallest absolute Gasteiger partial charge is 0.338 e. The molecule has 2 aromatic carbocycles. The molecule has 2 unspecified atom stereocenters. The summed E-state index contributed by atoms with van der Waals surface area (Å²) in [5.41, 5.74) is 6.83. The van der Waals surface area contributed by atoms with Gasteiger partial charge in [0.05, 0.1) is 22.3 Å². The van der Waals surface area contributed by atoms with Crippen LogP contribution in [-0.4, -0.2) is 18.0 Å². The van der Waals surface area contributed by atoms with E-state index in [1.807, 2.05) is 0 Å². The molecule has 0 spiro atoms. The van der Waals surface area contributed by atoms with Crippen LogP contribution < -0.4 is 11.1 Å². The first kappa shape index (κ1) is 18.7. The number of halogens is 2. The highest BCUT2D eigenvalue weighted by molar-refractivity contribution is 6.33. The van der Waals surface area contributed by atoms with E-state index in [2.05, 4.69) is 5.32 Å². The summed E-state index contributed by atoms with van der Waals surface area (Å²) in [6, 6.07) is 9.75. The molecule has 0 saturated heterocycles. The van der Waals surface area contributed by atoms with E-state index in [4.69, 9.17) is 22.1 Å². The van der Waals surface area contributed by atoms with E-state index in [0.29, 0.717) is 5.02 Å². The number of esters is 1. The van der Waals surface area contributed by atoms with Gasteiger partial charge in [0.25, 0.3) is 5.91 Å². The third-order valence-electron chi connectivity index (χ3n) is 3.61. The Bertz CT molecular complexity index is 780. The maximum absolute atomic E-state index is 12.9. The maximum Gasteiger partial charge on any atom is 0.338 e. The van der Waals surface area contributed by atoms with Crippen LogP contribution in [-0.2, 0) is 9.53 Å². The van der Waals surface area contributed by atoms with Crippen LogP contribution in [0.4, 0.5) is 10.1 Å². The molecule has 3 N–H and O–H groups in total. The lowest BCUT2D eigenvalue weighted by Crippen LogP contribution is -2.37. The van der Waals surface area contributed by atoms with Crippen LogP contribution >= 0.6 is 11.6 Å². The number of hydrogen-bond acceptors (Lipinski definition) is 4. The van der Waals surface area contributed by atoms with Crippen molar-refractivity contribution in [2.24, 2.45) is 0 Å². The lowest BCUT2D eigenvalue weighted by Gasteiger charge is -2.18. The van der Waals surface area contributed by atoms with E-state index in [9.17, 15) is 14.0 Å². The highest BCUT2D eigenvalue weighted by Gasteiger charge is 2.21. The number of hydrogen-bond donors (Lipinski definition) is 2.